The standard InChI is InChI=1S/C21H30OS/c1-13(22)17-6-7-18-16-5-4-14-12-15(23)8-10-20(14,2)19(16)9-11-21(17,18)3/h12,16-19H,4-11H2,1-3H3/t16-,17+,18-,19-,20-,21+/m0/s1. The second kappa shape index (κ2) is 5.25. The molecule has 0 radical (unpaired) electrons. The third-order valence-electron chi connectivity index (χ3n) is 8.45. The van der Waals surface area contributed by atoms with Gasteiger partial charge in [0.1, 0.15) is 5.78 Å². The smallest absolute Gasteiger partial charge is 0.133 e. The van der Waals surface area contributed by atoms with E-state index in [2.05, 4.69) is 19.9 Å². The minimum absolute atomic E-state index is 0.286. The maximum absolute atomic E-state index is 12.2. The lowest BCUT2D eigenvalue weighted by atomic mass is 9.47. The number of allylic oxidation sites excluding steroid dienone is 2. The van der Waals surface area contributed by atoms with Crippen LogP contribution in [0, 0.1) is 34.5 Å². The number of rotatable bonds is 1. The lowest BCUT2D eigenvalue weighted by Gasteiger charge is -2.58. The Balaban J connectivity index is 1.67. The fraction of sp³-hybridized carbons (Fsp3) is 0.810. The maximum Gasteiger partial charge on any atom is 0.133 e. The van der Waals surface area contributed by atoms with E-state index in [0.29, 0.717) is 17.1 Å². The molecular formula is C21H30OS. The first-order chi connectivity index (χ1) is 10.9. The van der Waals surface area contributed by atoms with E-state index in [4.69, 9.17) is 12.2 Å². The molecule has 3 saturated carbocycles. The van der Waals surface area contributed by atoms with E-state index >= 15 is 0 Å². The first kappa shape index (κ1) is 16.0. The van der Waals surface area contributed by atoms with E-state index in [9.17, 15) is 4.79 Å². The molecule has 6 atom stereocenters. The van der Waals surface area contributed by atoms with Crippen LogP contribution in [0.5, 0.6) is 0 Å². The van der Waals surface area contributed by atoms with Gasteiger partial charge in [-0.05, 0) is 93.0 Å². The quantitative estimate of drug-likeness (QED) is 0.588. The summed E-state index contributed by atoms with van der Waals surface area (Å²) in [4.78, 5) is 13.3. The van der Waals surface area contributed by atoms with Gasteiger partial charge < -0.3 is 0 Å². The molecule has 0 N–H and O–H groups in total. The summed E-state index contributed by atoms with van der Waals surface area (Å²) >= 11 is 5.49. The molecule has 0 aromatic carbocycles. The van der Waals surface area contributed by atoms with Gasteiger partial charge >= 0.3 is 0 Å². The van der Waals surface area contributed by atoms with Crippen LogP contribution in [0.4, 0.5) is 0 Å². The Labute approximate surface area is 146 Å². The zero-order valence-electron chi connectivity index (χ0n) is 14.9. The summed E-state index contributed by atoms with van der Waals surface area (Å²) in [6.07, 6.45) is 12.3. The van der Waals surface area contributed by atoms with E-state index < -0.39 is 0 Å². The number of hydrogen-bond donors (Lipinski definition) is 0. The lowest BCUT2D eigenvalue weighted by molar-refractivity contribution is -0.127. The van der Waals surface area contributed by atoms with Crippen molar-refractivity contribution >= 4 is 22.9 Å². The van der Waals surface area contributed by atoms with Crippen LogP contribution < -0.4 is 0 Å². The minimum atomic E-state index is 0.286. The van der Waals surface area contributed by atoms with Crippen molar-refractivity contribution in [2.45, 2.75) is 72.1 Å². The van der Waals surface area contributed by atoms with Crippen molar-refractivity contribution in [3.05, 3.63) is 11.6 Å². The molecule has 0 amide bonds. The summed E-state index contributed by atoms with van der Waals surface area (Å²) in [7, 11) is 0. The zero-order chi connectivity index (χ0) is 16.4. The van der Waals surface area contributed by atoms with Crippen LogP contribution in [0.3, 0.4) is 0 Å². The lowest BCUT2D eigenvalue weighted by Crippen LogP contribution is -2.50. The van der Waals surface area contributed by atoms with E-state index in [-0.39, 0.29) is 5.41 Å². The van der Waals surface area contributed by atoms with Crippen molar-refractivity contribution in [2.75, 3.05) is 0 Å². The summed E-state index contributed by atoms with van der Waals surface area (Å²) in [6, 6.07) is 0. The average molecular weight is 331 g/mol. The monoisotopic (exact) mass is 330 g/mol. The number of carbonyl (C=O) groups excluding carboxylic acids is 1. The summed E-state index contributed by atoms with van der Waals surface area (Å²) in [6.45, 7) is 6.80. The second-order valence-electron chi connectivity index (χ2n) is 9.25. The highest BCUT2D eigenvalue weighted by Gasteiger charge is 2.59. The number of ketones is 1. The summed E-state index contributed by atoms with van der Waals surface area (Å²) in [5.41, 5.74) is 2.33. The Kier molecular flexibility index (Phi) is 3.65. The largest absolute Gasteiger partial charge is 0.300 e. The maximum atomic E-state index is 12.2. The van der Waals surface area contributed by atoms with Crippen LogP contribution in [0.25, 0.3) is 0 Å². The third kappa shape index (κ3) is 2.16. The van der Waals surface area contributed by atoms with Crippen molar-refractivity contribution in [3.63, 3.8) is 0 Å². The molecule has 3 fully saturated rings. The van der Waals surface area contributed by atoms with E-state index in [1.54, 1.807) is 5.57 Å². The van der Waals surface area contributed by atoms with Gasteiger partial charge in [0, 0.05) is 10.8 Å². The van der Waals surface area contributed by atoms with Gasteiger partial charge in [-0.1, -0.05) is 31.6 Å². The fourth-order valence-corrected chi connectivity index (χ4v) is 7.47. The van der Waals surface area contributed by atoms with Crippen molar-refractivity contribution < 1.29 is 4.79 Å². The van der Waals surface area contributed by atoms with Crippen molar-refractivity contribution in [1.82, 2.24) is 0 Å². The van der Waals surface area contributed by atoms with Crippen LogP contribution in [0.15, 0.2) is 11.6 Å². The Morgan fingerprint density at radius 1 is 1.09 bits per heavy atom. The zero-order valence-corrected chi connectivity index (χ0v) is 15.7. The number of thiocarbonyl (C=S) groups is 1. The highest BCUT2D eigenvalue weighted by Crippen LogP contribution is 2.66. The Morgan fingerprint density at radius 2 is 1.87 bits per heavy atom. The molecule has 0 unspecified atom stereocenters. The Bertz CT molecular complexity index is 591. The first-order valence-electron chi connectivity index (χ1n) is 9.60. The molecule has 23 heavy (non-hydrogen) atoms. The van der Waals surface area contributed by atoms with Gasteiger partial charge in [0.25, 0.3) is 0 Å². The van der Waals surface area contributed by atoms with E-state index in [0.717, 1.165) is 30.6 Å². The normalized spacial score (nSPS) is 49.0. The van der Waals surface area contributed by atoms with E-state index in [1.807, 2.05) is 6.92 Å². The summed E-state index contributed by atoms with van der Waals surface area (Å²) < 4.78 is 0. The fourth-order valence-electron chi connectivity index (χ4n) is 7.23. The average Bonchev–Trinajstić information content (AvgIpc) is 2.85. The van der Waals surface area contributed by atoms with Gasteiger partial charge in [0.15, 0.2) is 0 Å². The third-order valence-corrected chi connectivity index (χ3v) is 8.77. The summed E-state index contributed by atoms with van der Waals surface area (Å²) in [5, 5.41) is 0. The van der Waals surface area contributed by atoms with Gasteiger partial charge in [-0.2, -0.15) is 0 Å². The SMILES string of the molecule is CC(=O)[C@H]1CC[C@H]2[C@@H]3CCC4=CC(=S)CC[C@]4(C)[C@H]3CC[C@]12C. The van der Waals surface area contributed by atoms with Crippen LogP contribution >= 0.6 is 12.2 Å². The number of carbonyl (C=O) groups is 1. The van der Waals surface area contributed by atoms with Gasteiger partial charge in [-0.15, -0.1) is 0 Å². The predicted octanol–water partition coefficient (Wildman–Crippen LogP) is 5.52. The molecule has 0 aliphatic heterocycles. The molecule has 0 aromatic rings. The van der Waals surface area contributed by atoms with Gasteiger partial charge in [0.2, 0.25) is 0 Å². The molecule has 0 heterocycles. The Hall–Kier alpha value is -0.500. The number of Topliss-reactive ketones (excluding diaryl/α,β-unsaturated/α-hetero) is 1. The van der Waals surface area contributed by atoms with Gasteiger partial charge in [0.05, 0.1) is 0 Å². The topological polar surface area (TPSA) is 17.1 Å². The number of fused-ring (bicyclic) bond motifs is 5. The molecule has 0 saturated heterocycles. The highest BCUT2D eigenvalue weighted by molar-refractivity contribution is 7.80. The minimum Gasteiger partial charge on any atom is -0.300 e. The highest BCUT2D eigenvalue weighted by atomic mass is 32.1. The van der Waals surface area contributed by atoms with Crippen molar-refractivity contribution in [1.29, 1.82) is 0 Å². The number of hydrogen-bond acceptors (Lipinski definition) is 2. The van der Waals surface area contributed by atoms with Crippen molar-refractivity contribution in [3.8, 4) is 0 Å². The molecular weight excluding hydrogens is 300 g/mol. The van der Waals surface area contributed by atoms with Crippen LogP contribution in [0.2, 0.25) is 0 Å². The molecule has 4 aliphatic rings. The molecule has 0 aromatic heterocycles. The molecule has 0 spiro atoms. The summed E-state index contributed by atoms with van der Waals surface area (Å²) in [5.74, 6) is 3.22. The van der Waals surface area contributed by atoms with Gasteiger partial charge in [-0.25, -0.2) is 0 Å². The molecule has 4 aliphatic carbocycles. The van der Waals surface area contributed by atoms with Crippen molar-refractivity contribution in [2.24, 2.45) is 34.5 Å². The Morgan fingerprint density at radius 3 is 2.61 bits per heavy atom. The first-order valence-corrected chi connectivity index (χ1v) is 10.0. The van der Waals surface area contributed by atoms with Crippen LogP contribution in [-0.4, -0.2) is 10.6 Å². The molecule has 0 bridgehead atoms. The molecule has 126 valence electrons. The predicted molar refractivity (Wildman–Crippen MR) is 98.5 cm³/mol. The molecule has 4 rings (SSSR count). The van der Waals surface area contributed by atoms with Crippen LogP contribution in [0.1, 0.15) is 72.1 Å². The van der Waals surface area contributed by atoms with Gasteiger partial charge in [-0.3, -0.25) is 4.79 Å². The molecule has 2 heteroatoms. The molecule has 1 nitrogen and oxygen atoms in total. The van der Waals surface area contributed by atoms with E-state index in [1.165, 1.54) is 43.4 Å². The van der Waals surface area contributed by atoms with Crippen LogP contribution in [-0.2, 0) is 4.79 Å². The second-order valence-corrected chi connectivity index (χ2v) is 9.78.